The van der Waals surface area contributed by atoms with Crippen molar-refractivity contribution in [3.05, 3.63) is 24.0 Å². The van der Waals surface area contributed by atoms with Gasteiger partial charge in [0, 0.05) is 13.2 Å². The first-order valence-electron chi connectivity index (χ1n) is 5.12. The van der Waals surface area contributed by atoms with Crippen molar-refractivity contribution in [2.75, 3.05) is 18.5 Å². The molecule has 1 aromatic carbocycles. The van der Waals surface area contributed by atoms with Gasteiger partial charge in [0.15, 0.2) is 0 Å². The molecule has 0 aromatic heterocycles. The second-order valence-corrected chi connectivity index (χ2v) is 5.11. The Hall–Kier alpha value is -1.18. The summed E-state index contributed by atoms with van der Waals surface area (Å²) >= 11 is 0. The minimum atomic E-state index is -3.87. The van der Waals surface area contributed by atoms with E-state index in [0.717, 1.165) is 6.07 Å². The maximum Gasteiger partial charge on any atom is 0.238 e. The molecule has 0 aliphatic heterocycles. The molecule has 0 radical (unpaired) electrons. The zero-order valence-corrected chi connectivity index (χ0v) is 10.0. The van der Waals surface area contributed by atoms with Crippen LogP contribution in [0.4, 0.5) is 10.1 Å². The van der Waals surface area contributed by atoms with Gasteiger partial charge in [0.1, 0.15) is 5.82 Å². The van der Waals surface area contributed by atoms with E-state index in [9.17, 15) is 12.8 Å². The topological polar surface area (TPSA) is 92.4 Å². The van der Waals surface area contributed by atoms with Gasteiger partial charge in [-0.15, -0.1) is 0 Å². The lowest BCUT2D eigenvalue weighted by atomic mass is 10.2. The summed E-state index contributed by atoms with van der Waals surface area (Å²) in [7, 11) is -3.87. The first kappa shape index (κ1) is 13.9. The van der Waals surface area contributed by atoms with Gasteiger partial charge in [0.25, 0.3) is 0 Å². The highest BCUT2D eigenvalue weighted by molar-refractivity contribution is 7.89. The number of benzene rings is 1. The molecule has 0 heterocycles. The second kappa shape index (κ2) is 5.95. The van der Waals surface area contributed by atoms with E-state index in [2.05, 4.69) is 5.32 Å². The highest BCUT2D eigenvalue weighted by atomic mass is 32.2. The van der Waals surface area contributed by atoms with Gasteiger partial charge in [-0.25, -0.2) is 17.9 Å². The van der Waals surface area contributed by atoms with Crippen LogP contribution in [0.5, 0.6) is 0 Å². The van der Waals surface area contributed by atoms with E-state index in [0.29, 0.717) is 19.4 Å². The fourth-order valence-corrected chi connectivity index (χ4v) is 1.80. The molecule has 0 aliphatic rings. The van der Waals surface area contributed by atoms with E-state index < -0.39 is 15.8 Å². The predicted octanol–water partition coefficient (Wildman–Crippen LogP) is 0.657. The molecule has 0 saturated carbocycles. The number of unbranched alkanes of at least 4 members (excludes halogenated alkanes) is 1. The number of hydrogen-bond acceptors (Lipinski definition) is 4. The Bertz CT molecular complexity index is 476. The summed E-state index contributed by atoms with van der Waals surface area (Å²) in [5, 5.41) is 16.2. The summed E-state index contributed by atoms with van der Waals surface area (Å²) in [6.45, 7) is 0.598. The summed E-state index contributed by atoms with van der Waals surface area (Å²) in [5.41, 5.74) is 0.218. The van der Waals surface area contributed by atoms with Crippen molar-refractivity contribution in [1.82, 2.24) is 0 Å². The van der Waals surface area contributed by atoms with Crippen LogP contribution in [-0.4, -0.2) is 26.7 Å². The Labute approximate surface area is 99.5 Å². The minimum Gasteiger partial charge on any atom is -0.396 e. The summed E-state index contributed by atoms with van der Waals surface area (Å²) in [6, 6.07) is 3.45. The Balaban J connectivity index is 2.70. The van der Waals surface area contributed by atoms with Crippen LogP contribution in [0.1, 0.15) is 12.8 Å². The van der Waals surface area contributed by atoms with Crippen molar-refractivity contribution >= 4 is 15.7 Å². The highest BCUT2D eigenvalue weighted by Gasteiger charge is 2.10. The molecule has 0 saturated heterocycles. The molecule has 7 heteroatoms. The van der Waals surface area contributed by atoms with Crippen LogP contribution >= 0.6 is 0 Å². The number of hydrogen-bond donors (Lipinski definition) is 3. The Morgan fingerprint density at radius 2 is 2.06 bits per heavy atom. The lowest BCUT2D eigenvalue weighted by Crippen LogP contribution is -2.13. The fourth-order valence-electron chi connectivity index (χ4n) is 1.28. The molecule has 1 rings (SSSR count). The molecule has 5 nitrogen and oxygen atoms in total. The quantitative estimate of drug-likeness (QED) is 0.656. The van der Waals surface area contributed by atoms with Gasteiger partial charge in [-0.1, -0.05) is 0 Å². The van der Waals surface area contributed by atoms with Crippen LogP contribution in [0.15, 0.2) is 23.1 Å². The molecule has 0 unspecified atom stereocenters. The lowest BCUT2D eigenvalue weighted by Gasteiger charge is -2.08. The Morgan fingerprint density at radius 3 is 2.59 bits per heavy atom. The zero-order valence-electron chi connectivity index (χ0n) is 9.19. The molecule has 0 atom stereocenters. The van der Waals surface area contributed by atoms with E-state index in [1.807, 2.05) is 0 Å². The molecule has 0 aliphatic carbocycles. The van der Waals surface area contributed by atoms with Gasteiger partial charge in [0.05, 0.1) is 10.6 Å². The molecule has 1 aromatic rings. The smallest absolute Gasteiger partial charge is 0.238 e. The molecule has 0 fully saturated rings. The number of sulfonamides is 1. The van der Waals surface area contributed by atoms with Crippen molar-refractivity contribution in [3.8, 4) is 0 Å². The van der Waals surface area contributed by atoms with Crippen LogP contribution in [0, 0.1) is 5.82 Å². The molecule has 4 N–H and O–H groups in total. The number of nitrogens with one attached hydrogen (secondary N) is 1. The van der Waals surface area contributed by atoms with Gasteiger partial charge in [-0.2, -0.15) is 0 Å². The van der Waals surface area contributed by atoms with Gasteiger partial charge >= 0.3 is 0 Å². The van der Waals surface area contributed by atoms with Crippen molar-refractivity contribution in [2.24, 2.45) is 5.14 Å². The third-order valence-corrected chi connectivity index (χ3v) is 3.08. The Morgan fingerprint density at radius 1 is 1.35 bits per heavy atom. The fraction of sp³-hybridized carbons (Fsp3) is 0.400. The van der Waals surface area contributed by atoms with E-state index in [4.69, 9.17) is 10.2 Å². The second-order valence-electron chi connectivity index (χ2n) is 3.54. The molecular weight excluding hydrogens is 247 g/mol. The molecular formula is C10H15FN2O3S. The molecule has 96 valence electrons. The number of aliphatic hydroxyl groups is 1. The average Bonchev–Trinajstić information content (AvgIpc) is 2.24. The van der Waals surface area contributed by atoms with Crippen molar-refractivity contribution in [1.29, 1.82) is 0 Å². The third kappa shape index (κ3) is 4.29. The highest BCUT2D eigenvalue weighted by Crippen LogP contribution is 2.18. The SMILES string of the molecule is NS(=O)(=O)c1ccc(NCCCCO)c(F)c1. The molecule has 0 bridgehead atoms. The lowest BCUT2D eigenvalue weighted by molar-refractivity contribution is 0.286. The maximum atomic E-state index is 13.5. The van der Waals surface area contributed by atoms with E-state index >= 15 is 0 Å². The summed E-state index contributed by atoms with van der Waals surface area (Å²) in [4.78, 5) is -0.254. The van der Waals surface area contributed by atoms with Crippen molar-refractivity contribution in [2.45, 2.75) is 17.7 Å². The first-order chi connectivity index (χ1) is 7.95. The number of anilines is 1. The van der Waals surface area contributed by atoms with Gasteiger partial charge in [-0.3, -0.25) is 0 Å². The van der Waals surface area contributed by atoms with Gasteiger partial charge < -0.3 is 10.4 Å². The minimum absolute atomic E-state index is 0.0918. The Kier molecular flexibility index (Phi) is 4.86. The number of aliphatic hydroxyl groups excluding tert-OH is 1. The standard InChI is InChI=1S/C10H15FN2O3S/c11-9-7-8(17(12,15)16)3-4-10(9)13-5-1-2-6-14/h3-4,7,13-14H,1-2,5-6H2,(H2,12,15,16). The van der Waals surface area contributed by atoms with Crippen LogP contribution < -0.4 is 10.5 Å². The molecule has 0 amide bonds. The summed E-state index contributed by atoms with van der Waals surface area (Å²) < 4.78 is 35.4. The number of halogens is 1. The largest absolute Gasteiger partial charge is 0.396 e. The van der Waals surface area contributed by atoms with Crippen LogP contribution in [0.2, 0.25) is 0 Å². The maximum absolute atomic E-state index is 13.5. The molecule has 0 spiro atoms. The van der Waals surface area contributed by atoms with Crippen molar-refractivity contribution in [3.63, 3.8) is 0 Å². The van der Waals surface area contributed by atoms with Crippen LogP contribution in [-0.2, 0) is 10.0 Å². The summed E-state index contributed by atoms with van der Waals surface area (Å²) in [6.07, 6.45) is 1.33. The zero-order chi connectivity index (χ0) is 12.9. The number of primary sulfonamides is 1. The van der Waals surface area contributed by atoms with Crippen molar-refractivity contribution < 1.29 is 17.9 Å². The monoisotopic (exact) mass is 262 g/mol. The third-order valence-electron chi connectivity index (χ3n) is 2.17. The van der Waals surface area contributed by atoms with Gasteiger partial charge in [0.2, 0.25) is 10.0 Å². The first-order valence-corrected chi connectivity index (χ1v) is 6.67. The normalized spacial score (nSPS) is 11.5. The van der Waals surface area contributed by atoms with E-state index in [-0.39, 0.29) is 17.2 Å². The van der Waals surface area contributed by atoms with Crippen LogP contribution in [0.3, 0.4) is 0 Å². The summed E-state index contributed by atoms with van der Waals surface area (Å²) in [5.74, 6) is -0.666. The molecule has 17 heavy (non-hydrogen) atoms. The average molecular weight is 262 g/mol. The van der Waals surface area contributed by atoms with Crippen LogP contribution in [0.25, 0.3) is 0 Å². The number of rotatable bonds is 6. The van der Waals surface area contributed by atoms with E-state index in [1.165, 1.54) is 12.1 Å². The van der Waals surface area contributed by atoms with E-state index in [1.54, 1.807) is 0 Å². The number of nitrogens with two attached hydrogens (primary N) is 1. The predicted molar refractivity (Wildman–Crippen MR) is 62.6 cm³/mol. The van der Waals surface area contributed by atoms with Gasteiger partial charge in [-0.05, 0) is 31.0 Å².